The van der Waals surface area contributed by atoms with Crippen molar-refractivity contribution >= 4 is 0 Å². The maximum atomic E-state index is 5.78. The number of benzene rings is 1. The van der Waals surface area contributed by atoms with E-state index in [0.29, 0.717) is 6.54 Å². The Hall–Kier alpha value is -1.22. The van der Waals surface area contributed by atoms with Gasteiger partial charge in [0, 0.05) is 6.54 Å². The molecule has 0 saturated heterocycles. The van der Waals surface area contributed by atoms with Gasteiger partial charge in [-0.05, 0) is 37.1 Å². The van der Waals surface area contributed by atoms with Crippen molar-refractivity contribution in [1.29, 1.82) is 0 Å². The molecule has 1 aliphatic rings. The molecule has 1 aromatic rings. The second-order valence-corrected chi connectivity index (χ2v) is 3.66. The zero-order valence-electron chi connectivity index (χ0n) is 8.32. The summed E-state index contributed by atoms with van der Waals surface area (Å²) in [6, 6.07) is 7.60. The topological polar surface area (TPSA) is 44.5 Å². The third-order valence-corrected chi connectivity index (χ3v) is 2.57. The molecular formula is C11H15NO2. The van der Waals surface area contributed by atoms with Gasteiger partial charge in [-0.15, -0.1) is 0 Å². The highest BCUT2D eigenvalue weighted by Gasteiger charge is 2.44. The summed E-state index contributed by atoms with van der Waals surface area (Å²) in [5.74, 6) is 1.71. The highest BCUT2D eigenvalue weighted by atomic mass is 16.5. The van der Waals surface area contributed by atoms with Crippen LogP contribution in [0.1, 0.15) is 12.8 Å². The van der Waals surface area contributed by atoms with Crippen LogP contribution in [0.5, 0.6) is 11.5 Å². The van der Waals surface area contributed by atoms with Crippen LogP contribution in [0.3, 0.4) is 0 Å². The first kappa shape index (κ1) is 9.34. The molecule has 1 fully saturated rings. The monoisotopic (exact) mass is 193 g/mol. The van der Waals surface area contributed by atoms with Crippen molar-refractivity contribution in [1.82, 2.24) is 0 Å². The number of rotatable bonds is 4. The van der Waals surface area contributed by atoms with E-state index in [4.69, 9.17) is 15.2 Å². The van der Waals surface area contributed by atoms with Gasteiger partial charge in [0.1, 0.15) is 17.1 Å². The number of ether oxygens (including phenoxy) is 2. The van der Waals surface area contributed by atoms with Crippen LogP contribution in [-0.2, 0) is 0 Å². The Morgan fingerprint density at radius 2 is 1.79 bits per heavy atom. The largest absolute Gasteiger partial charge is 0.497 e. The van der Waals surface area contributed by atoms with E-state index >= 15 is 0 Å². The molecule has 14 heavy (non-hydrogen) atoms. The molecule has 0 radical (unpaired) electrons. The Bertz CT molecular complexity index is 304. The molecule has 0 bridgehead atoms. The minimum Gasteiger partial charge on any atom is -0.497 e. The molecule has 76 valence electrons. The maximum absolute atomic E-state index is 5.78. The molecule has 3 heteroatoms. The van der Waals surface area contributed by atoms with Gasteiger partial charge in [0.2, 0.25) is 0 Å². The Labute approximate surface area is 83.8 Å². The van der Waals surface area contributed by atoms with Crippen LogP contribution in [-0.4, -0.2) is 19.3 Å². The van der Waals surface area contributed by atoms with Crippen LogP contribution >= 0.6 is 0 Å². The van der Waals surface area contributed by atoms with Crippen LogP contribution in [0.15, 0.2) is 24.3 Å². The van der Waals surface area contributed by atoms with Gasteiger partial charge in [-0.25, -0.2) is 0 Å². The summed E-state index contributed by atoms with van der Waals surface area (Å²) in [4.78, 5) is 0. The average molecular weight is 193 g/mol. The molecule has 2 N–H and O–H groups in total. The Balaban J connectivity index is 2.03. The van der Waals surface area contributed by atoms with Gasteiger partial charge in [0.15, 0.2) is 0 Å². The van der Waals surface area contributed by atoms with Gasteiger partial charge in [0.05, 0.1) is 7.11 Å². The normalized spacial score (nSPS) is 17.6. The first-order valence-electron chi connectivity index (χ1n) is 4.81. The van der Waals surface area contributed by atoms with Crippen molar-refractivity contribution in [2.45, 2.75) is 18.4 Å². The standard InChI is InChI=1S/C11H15NO2/c1-13-9-2-4-10(5-3-9)14-11(8-12)6-7-11/h2-5H,6-8,12H2,1H3. The van der Waals surface area contributed by atoms with Crippen molar-refractivity contribution in [2.75, 3.05) is 13.7 Å². The van der Waals surface area contributed by atoms with E-state index in [1.807, 2.05) is 24.3 Å². The molecule has 0 aromatic heterocycles. The SMILES string of the molecule is COc1ccc(OC2(CN)CC2)cc1. The second-order valence-electron chi connectivity index (χ2n) is 3.66. The van der Waals surface area contributed by atoms with Crippen molar-refractivity contribution in [3.8, 4) is 11.5 Å². The van der Waals surface area contributed by atoms with Gasteiger partial charge in [-0.3, -0.25) is 0 Å². The third-order valence-electron chi connectivity index (χ3n) is 2.57. The fraction of sp³-hybridized carbons (Fsp3) is 0.455. The van der Waals surface area contributed by atoms with E-state index in [2.05, 4.69) is 0 Å². The summed E-state index contributed by atoms with van der Waals surface area (Å²) in [7, 11) is 1.65. The molecule has 1 aromatic carbocycles. The summed E-state index contributed by atoms with van der Waals surface area (Å²) < 4.78 is 10.8. The number of hydrogen-bond donors (Lipinski definition) is 1. The number of methoxy groups -OCH3 is 1. The lowest BCUT2D eigenvalue weighted by Gasteiger charge is -2.15. The third kappa shape index (κ3) is 1.82. The molecular weight excluding hydrogens is 178 g/mol. The molecule has 0 amide bonds. The van der Waals surface area contributed by atoms with Crippen LogP contribution in [0, 0.1) is 0 Å². The molecule has 0 atom stereocenters. The molecule has 2 rings (SSSR count). The van der Waals surface area contributed by atoms with Crippen molar-refractivity contribution < 1.29 is 9.47 Å². The lowest BCUT2D eigenvalue weighted by atomic mass is 10.3. The van der Waals surface area contributed by atoms with E-state index in [1.54, 1.807) is 7.11 Å². The summed E-state index contributed by atoms with van der Waals surface area (Å²) >= 11 is 0. The van der Waals surface area contributed by atoms with Gasteiger partial charge >= 0.3 is 0 Å². The molecule has 1 saturated carbocycles. The summed E-state index contributed by atoms with van der Waals surface area (Å²) in [5.41, 5.74) is 5.55. The highest BCUT2D eigenvalue weighted by molar-refractivity contribution is 5.32. The average Bonchev–Trinajstić information content (AvgIpc) is 3.00. The minimum atomic E-state index is -0.0748. The first-order chi connectivity index (χ1) is 6.78. The lowest BCUT2D eigenvalue weighted by molar-refractivity contribution is 0.187. The fourth-order valence-corrected chi connectivity index (χ4v) is 1.38. The first-order valence-corrected chi connectivity index (χ1v) is 4.81. The van der Waals surface area contributed by atoms with E-state index in [1.165, 1.54) is 0 Å². The van der Waals surface area contributed by atoms with E-state index in [0.717, 1.165) is 24.3 Å². The Kier molecular flexibility index (Phi) is 2.33. The van der Waals surface area contributed by atoms with Gasteiger partial charge in [-0.1, -0.05) is 0 Å². The lowest BCUT2D eigenvalue weighted by Crippen LogP contribution is -2.28. The summed E-state index contributed by atoms with van der Waals surface area (Å²) in [6.45, 7) is 0.596. The molecule has 3 nitrogen and oxygen atoms in total. The maximum Gasteiger partial charge on any atom is 0.121 e. The summed E-state index contributed by atoms with van der Waals surface area (Å²) in [6.07, 6.45) is 2.13. The van der Waals surface area contributed by atoms with Crippen LogP contribution < -0.4 is 15.2 Å². The number of hydrogen-bond acceptors (Lipinski definition) is 3. The zero-order valence-corrected chi connectivity index (χ0v) is 8.32. The van der Waals surface area contributed by atoms with Crippen LogP contribution in [0.25, 0.3) is 0 Å². The quantitative estimate of drug-likeness (QED) is 0.789. The second kappa shape index (κ2) is 3.50. The molecule has 1 aliphatic carbocycles. The predicted molar refractivity (Wildman–Crippen MR) is 54.6 cm³/mol. The molecule has 0 heterocycles. The van der Waals surface area contributed by atoms with E-state index in [9.17, 15) is 0 Å². The van der Waals surface area contributed by atoms with E-state index in [-0.39, 0.29) is 5.60 Å². The van der Waals surface area contributed by atoms with Crippen molar-refractivity contribution in [3.05, 3.63) is 24.3 Å². The highest BCUT2D eigenvalue weighted by Crippen LogP contribution is 2.39. The van der Waals surface area contributed by atoms with Crippen LogP contribution in [0.2, 0.25) is 0 Å². The van der Waals surface area contributed by atoms with Gasteiger partial charge < -0.3 is 15.2 Å². The number of nitrogens with two attached hydrogens (primary N) is 1. The van der Waals surface area contributed by atoms with Crippen LogP contribution in [0.4, 0.5) is 0 Å². The van der Waals surface area contributed by atoms with Gasteiger partial charge in [-0.2, -0.15) is 0 Å². The Morgan fingerprint density at radius 3 is 2.21 bits per heavy atom. The van der Waals surface area contributed by atoms with E-state index < -0.39 is 0 Å². The summed E-state index contributed by atoms with van der Waals surface area (Å²) in [5, 5.41) is 0. The zero-order chi connectivity index (χ0) is 10.0. The predicted octanol–water partition coefficient (Wildman–Crippen LogP) is 1.57. The molecule has 0 unspecified atom stereocenters. The Morgan fingerprint density at radius 1 is 1.21 bits per heavy atom. The minimum absolute atomic E-state index is 0.0748. The fourth-order valence-electron chi connectivity index (χ4n) is 1.38. The van der Waals surface area contributed by atoms with Crippen molar-refractivity contribution in [2.24, 2.45) is 5.73 Å². The van der Waals surface area contributed by atoms with Crippen molar-refractivity contribution in [3.63, 3.8) is 0 Å². The van der Waals surface area contributed by atoms with Gasteiger partial charge in [0.25, 0.3) is 0 Å². The smallest absolute Gasteiger partial charge is 0.121 e. The molecule has 0 spiro atoms. The molecule has 0 aliphatic heterocycles.